The van der Waals surface area contributed by atoms with Crippen LogP contribution in [0.25, 0.3) is 10.9 Å². The third kappa shape index (κ3) is 2.97. The maximum absolute atomic E-state index is 11.1. The zero-order chi connectivity index (χ0) is 13.7. The van der Waals surface area contributed by atoms with E-state index in [1.165, 1.54) is 6.20 Å². The normalized spacial score (nSPS) is 10.6. The first-order chi connectivity index (χ1) is 9.24. The lowest BCUT2D eigenvalue weighted by Crippen LogP contribution is -2.08. The molecule has 6 heteroatoms. The molecule has 100 valence electrons. The second-order valence-corrected chi connectivity index (χ2v) is 4.22. The SMILES string of the molecule is NCCCCNc1c([N+](=O)[O-])cnc2ccccc12. The topological polar surface area (TPSA) is 94.1 Å². The van der Waals surface area contributed by atoms with Crippen molar-refractivity contribution in [3.63, 3.8) is 0 Å². The van der Waals surface area contributed by atoms with Gasteiger partial charge in [-0.3, -0.25) is 10.1 Å². The first kappa shape index (κ1) is 13.2. The van der Waals surface area contributed by atoms with Crippen molar-refractivity contribution in [3.8, 4) is 0 Å². The summed E-state index contributed by atoms with van der Waals surface area (Å²) < 4.78 is 0. The quantitative estimate of drug-likeness (QED) is 0.472. The van der Waals surface area contributed by atoms with Gasteiger partial charge in [0.25, 0.3) is 0 Å². The van der Waals surface area contributed by atoms with Gasteiger partial charge in [0.1, 0.15) is 11.9 Å². The minimum absolute atomic E-state index is 0.00597. The fourth-order valence-corrected chi connectivity index (χ4v) is 1.94. The number of nitrogens with two attached hydrogens (primary N) is 1. The highest BCUT2D eigenvalue weighted by Gasteiger charge is 2.17. The Hall–Kier alpha value is -2.21. The van der Waals surface area contributed by atoms with Gasteiger partial charge in [0, 0.05) is 11.9 Å². The monoisotopic (exact) mass is 260 g/mol. The summed E-state index contributed by atoms with van der Waals surface area (Å²) in [6.45, 7) is 1.28. The summed E-state index contributed by atoms with van der Waals surface area (Å²) in [5, 5.41) is 15.0. The minimum atomic E-state index is -0.412. The molecule has 2 aromatic rings. The van der Waals surface area contributed by atoms with Crippen molar-refractivity contribution in [1.82, 2.24) is 4.98 Å². The predicted octanol–water partition coefficient (Wildman–Crippen LogP) is 2.29. The van der Waals surface area contributed by atoms with Gasteiger partial charge in [-0.15, -0.1) is 0 Å². The number of nitrogens with zero attached hydrogens (tertiary/aromatic N) is 2. The zero-order valence-electron chi connectivity index (χ0n) is 10.5. The van der Waals surface area contributed by atoms with Crippen molar-refractivity contribution in [2.75, 3.05) is 18.4 Å². The third-order valence-corrected chi connectivity index (χ3v) is 2.88. The molecule has 0 spiro atoms. The Bertz CT molecular complexity index is 586. The lowest BCUT2D eigenvalue weighted by Gasteiger charge is -2.09. The number of nitro groups is 1. The number of hydrogen-bond donors (Lipinski definition) is 2. The van der Waals surface area contributed by atoms with E-state index in [1.54, 1.807) is 0 Å². The molecule has 0 saturated carbocycles. The Morgan fingerprint density at radius 1 is 1.32 bits per heavy atom. The van der Waals surface area contributed by atoms with Gasteiger partial charge in [-0.05, 0) is 25.5 Å². The van der Waals surface area contributed by atoms with E-state index in [1.807, 2.05) is 24.3 Å². The van der Waals surface area contributed by atoms with Crippen LogP contribution < -0.4 is 11.1 Å². The molecule has 0 saturated heterocycles. The van der Waals surface area contributed by atoms with E-state index in [2.05, 4.69) is 10.3 Å². The molecule has 0 aliphatic carbocycles. The summed E-state index contributed by atoms with van der Waals surface area (Å²) in [6, 6.07) is 7.38. The lowest BCUT2D eigenvalue weighted by molar-refractivity contribution is -0.384. The Balaban J connectivity index is 2.35. The van der Waals surface area contributed by atoms with E-state index in [4.69, 9.17) is 5.73 Å². The predicted molar refractivity (Wildman–Crippen MR) is 75.2 cm³/mol. The molecule has 0 atom stereocenters. The van der Waals surface area contributed by atoms with Crippen molar-refractivity contribution in [2.24, 2.45) is 5.73 Å². The van der Waals surface area contributed by atoms with Gasteiger partial charge < -0.3 is 11.1 Å². The first-order valence-corrected chi connectivity index (χ1v) is 6.20. The van der Waals surface area contributed by atoms with Gasteiger partial charge in [-0.2, -0.15) is 0 Å². The molecule has 0 unspecified atom stereocenters. The number of para-hydroxylation sites is 1. The largest absolute Gasteiger partial charge is 0.379 e. The van der Waals surface area contributed by atoms with Gasteiger partial charge in [-0.25, -0.2) is 4.98 Å². The summed E-state index contributed by atoms with van der Waals surface area (Å²) in [7, 11) is 0. The number of hydrogen-bond acceptors (Lipinski definition) is 5. The van der Waals surface area contributed by atoms with Crippen LogP contribution in [0.1, 0.15) is 12.8 Å². The zero-order valence-corrected chi connectivity index (χ0v) is 10.5. The summed E-state index contributed by atoms with van der Waals surface area (Å²) in [4.78, 5) is 14.8. The van der Waals surface area contributed by atoms with E-state index < -0.39 is 4.92 Å². The van der Waals surface area contributed by atoms with Gasteiger partial charge in [0.05, 0.1) is 10.4 Å². The van der Waals surface area contributed by atoms with Crippen LogP contribution in [0.3, 0.4) is 0 Å². The van der Waals surface area contributed by atoms with E-state index >= 15 is 0 Å². The second kappa shape index (κ2) is 6.10. The highest BCUT2D eigenvalue weighted by molar-refractivity contribution is 5.95. The molecule has 6 nitrogen and oxygen atoms in total. The van der Waals surface area contributed by atoms with Crippen LogP contribution in [0.15, 0.2) is 30.5 Å². The van der Waals surface area contributed by atoms with Crippen LogP contribution in [-0.2, 0) is 0 Å². The smallest absolute Gasteiger partial charge is 0.311 e. The minimum Gasteiger partial charge on any atom is -0.379 e. The number of aromatic nitrogens is 1. The number of pyridine rings is 1. The van der Waals surface area contributed by atoms with Crippen LogP contribution in [0, 0.1) is 10.1 Å². The highest BCUT2D eigenvalue weighted by Crippen LogP contribution is 2.31. The Labute approximate surface area is 110 Å². The van der Waals surface area contributed by atoms with Crippen LogP contribution in [0.5, 0.6) is 0 Å². The third-order valence-electron chi connectivity index (χ3n) is 2.88. The number of benzene rings is 1. The number of fused-ring (bicyclic) bond motifs is 1. The highest BCUT2D eigenvalue weighted by atomic mass is 16.6. The van der Waals surface area contributed by atoms with Crippen molar-refractivity contribution in [1.29, 1.82) is 0 Å². The molecule has 19 heavy (non-hydrogen) atoms. The number of unbranched alkanes of at least 4 members (excludes halogenated alkanes) is 1. The Morgan fingerprint density at radius 3 is 2.84 bits per heavy atom. The molecule has 3 N–H and O–H groups in total. The molecular formula is C13H16N4O2. The van der Waals surface area contributed by atoms with Crippen molar-refractivity contribution in [2.45, 2.75) is 12.8 Å². The maximum Gasteiger partial charge on any atom is 0.311 e. The van der Waals surface area contributed by atoms with E-state index in [0.29, 0.717) is 18.8 Å². The summed E-state index contributed by atoms with van der Waals surface area (Å²) in [5.74, 6) is 0. The second-order valence-electron chi connectivity index (χ2n) is 4.22. The summed E-state index contributed by atoms with van der Waals surface area (Å²) in [5.41, 5.74) is 6.72. The molecule has 0 radical (unpaired) electrons. The molecule has 0 fully saturated rings. The van der Waals surface area contributed by atoms with Crippen LogP contribution >= 0.6 is 0 Å². The van der Waals surface area contributed by atoms with E-state index in [-0.39, 0.29) is 5.69 Å². The van der Waals surface area contributed by atoms with Crippen molar-refractivity contribution >= 4 is 22.3 Å². The van der Waals surface area contributed by atoms with E-state index in [0.717, 1.165) is 23.7 Å². The number of nitrogens with one attached hydrogen (secondary N) is 1. The molecule has 2 rings (SSSR count). The molecule has 0 aliphatic heterocycles. The molecule has 1 aromatic carbocycles. The molecular weight excluding hydrogens is 244 g/mol. The van der Waals surface area contributed by atoms with Crippen LogP contribution in [-0.4, -0.2) is 23.0 Å². The molecule has 0 amide bonds. The molecule has 0 aliphatic rings. The molecule has 1 aromatic heterocycles. The fourth-order valence-electron chi connectivity index (χ4n) is 1.94. The molecule has 0 bridgehead atoms. The Kier molecular flexibility index (Phi) is 4.25. The average Bonchev–Trinajstić information content (AvgIpc) is 2.43. The maximum atomic E-state index is 11.1. The van der Waals surface area contributed by atoms with Gasteiger partial charge in [0.2, 0.25) is 0 Å². The van der Waals surface area contributed by atoms with Gasteiger partial charge in [0.15, 0.2) is 0 Å². The number of rotatable bonds is 6. The lowest BCUT2D eigenvalue weighted by atomic mass is 10.1. The van der Waals surface area contributed by atoms with Gasteiger partial charge >= 0.3 is 5.69 Å². The summed E-state index contributed by atoms with van der Waals surface area (Å²) in [6.07, 6.45) is 3.07. The average molecular weight is 260 g/mol. The fraction of sp³-hybridized carbons (Fsp3) is 0.308. The van der Waals surface area contributed by atoms with Gasteiger partial charge in [-0.1, -0.05) is 18.2 Å². The van der Waals surface area contributed by atoms with E-state index in [9.17, 15) is 10.1 Å². The number of anilines is 1. The van der Waals surface area contributed by atoms with Crippen molar-refractivity contribution in [3.05, 3.63) is 40.6 Å². The van der Waals surface area contributed by atoms with Crippen LogP contribution in [0.4, 0.5) is 11.4 Å². The molecule has 1 heterocycles. The Morgan fingerprint density at radius 2 is 2.11 bits per heavy atom. The van der Waals surface area contributed by atoms with Crippen LogP contribution in [0.2, 0.25) is 0 Å². The first-order valence-electron chi connectivity index (χ1n) is 6.20. The standard InChI is InChI=1S/C13H16N4O2/c14-7-3-4-8-15-13-10-5-1-2-6-11(10)16-9-12(13)17(18)19/h1-2,5-6,9H,3-4,7-8,14H2,(H,15,16). The summed E-state index contributed by atoms with van der Waals surface area (Å²) >= 11 is 0. The van der Waals surface area contributed by atoms with Crippen molar-refractivity contribution < 1.29 is 4.92 Å².